The van der Waals surface area contributed by atoms with Crippen LogP contribution >= 0.6 is 11.3 Å². The number of fused-ring (bicyclic) bond motifs is 7. The Morgan fingerprint density at radius 1 is 0.317 bits per heavy atom. The highest BCUT2D eigenvalue weighted by Crippen LogP contribution is 2.46. The Balaban J connectivity index is 1.26. The summed E-state index contributed by atoms with van der Waals surface area (Å²) in [5, 5.41) is 10.5. The molecule has 2 aromatic heterocycles. The third kappa shape index (κ3) is 6.04. The molecule has 0 saturated carbocycles. The Morgan fingerprint density at radius 2 is 0.762 bits per heavy atom. The average molecular weight is 836 g/mol. The van der Waals surface area contributed by atoms with E-state index in [9.17, 15) is 0 Å². The van der Waals surface area contributed by atoms with Crippen LogP contribution in [0.1, 0.15) is 0 Å². The smallest absolute Gasteiger partial charge is 0.179 e. The van der Waals surface area contributed by atoms with Crippen LogP contribution in [0.4, 0.5) is 0 Å². The van der Waals surface area contributed by atoms with Crippen LogP contribution in [0.15, 0.2) is 249 Å². The molecule has 3 heteroatoms. The summed E-state index contributed by atoms with van der Waals surface area (Å²) in [6, 6.07) is 92.8. The van der Waals surface area contributed by atoms with Gasteiger partial charge in [0, 0.05) is 37.4 Å². The maximum Gasteiger partial charge on any atom is 0.179 e. The largest absolute Gasteiger partial charge is 0.307 e. The summed E-state index contributed by atoms with van der Waals surface area (Å²) in [6.45, 7) is 0. The molecule has 12 rings (SSSR count). The molecule has 0 aliphatic heterocycles. The SMILES string of the molecule is c1ccc(-c2ccc([Si](c3ccccc3)(c3ccccc3)c3cc(-c4ccccc4)c(-n4c5ccccc5c5ccc6c7ccccc7sc6c54)c(-c4ccccc4)c3)cc2)cc1. The summed E-state index contributed by atoms with van der Waals surface area (Å²) in [5.74, 6) is 0. The molecule has 296 valence electrons. The second-order valence-corrected chi connectivity index (χ2v) is 21.2. The van der Waals surface area contributed by atoms with Crippen molar-refractivity contribution in [3.8, 4) is 39.1 Å². The van der Waals surface area contributed by atoms with Gasteiger partial charge in [-0.15, -0.1) is 11.3 Å². The number of hydrogen-bond donors (Lipinski definition) is 0. The van der Waals surface area contributed by atoms with Crippen molar-refractivity contribution in [3.63, 3.8) is 0 Å². The predicted molar refractivity (Wildman–Crippen MR) is 274 cm³/mol. The number of hydrogen-bond acceptors (Lipinski definition) is 1. The molecule has 0 spiro atoms. The van der Waals surface area contributed by atoms with E-state index in [1.54, 1.807) is 0 Å². The fraction of sp³-hybridized carbons (Fsp3) is 0. The molecular weight excluding hydrogens is 795 g/mol. The van der Waals surface area contributed by atoms with Crippen molar-refractivity contribution in [3.05, 3.63) is 249 Å². The van der Waals surface area contributed by atoms with Crippen LogP contribution < -0.4 is 20.7 Å². The van der Waals surface area contributed by atoms with Crippen molar-refractivity contribution < 1.29 is 0 Å². The highest BCUT2D eigenvalue weighted by molar-refractivity contribution is 7.26. The van der Waals surface area contributed by atoms with Crippen LogP contribution in [0.25, 0.3) is 81.0 Å². The minimum atomic E-state index is -3.04. The van der Waals surface area contributed by atoms with E-state index in [0.717, 1.165) is 0 Å². The zero-order valence-corrected chi connectivity index (χ0v) is 36.3. The standard InChI is InChI=1S/C60H41NSSi/c1-6-20-42(21-7-1)43-34-36-48(37-35-43)63(46-26-12-4-13-27-46,47-28-14-5-15-29-47)49-40-54(44-22-8-2-9-23-44)58(55(41-49)45-24-10-3-11-25-45)61-56-32-18-16-30-50(56)52-38-39-53-51-31-17-19-33-57(51)62-60(53)59(52)61/h1-41H. The van der Waals surface area contributed by atoms with Crippen molar-refractivity contribution in [2.75, 3.05) is 0 Å². The van der Waals surface area contributed by atoms with Gasteiger partial charge in [-0.05, 0) is 55.1 Å². The third-order valence-electron chi connectivity index (χ3n) is 13.0. The van der Waals surface area contributed by atoms with E-state index < -0.39 is 8.07 Å². The van der Waals surface area contributed by atoms with Gasteiger partial charge in [0.15, 0.2) is 8.07 Å². The van der Waals surface area contributed by atoms with E-state index in [-0.39, 0.29) is 0 Å². The van der Waals surface area contributed by atoms with E-state index in [2.05, 4.69) is 253 Å². The van der Waals surface area contributed by atoms with Crippen molar-refractivity contribution in [2.24, 2.45) is 0 Å². The fourth-order valence-corrected chi connectivity index (χ4v) is 16.2. The van der Waals surface area contributed by atoms with Gasteiger partial charge in [-0.3, -0.25) is 0 Å². The quantitative estimate of drug-likeness (QED) is 0.106. The Bertz CT molecular complexity index is 3480. The van der Waals surface area contributed by atoms with Crippen LogP contribution in [0, 0.1) is 0 Å². The number of rotatable bonds is 8. The zero-order chi connectivity index (χ0) is 41.7. The van der Waals surface area contributed by atoms with Crippen LogP contribution in [-0.4, -0.2) is 12.6 Å². The lowest BCUT2D eigenvalue weighted by atomic mass is 9.95. The lowest BCUT2D eigenvalue weighted by Crippen LogP contribution is -2.74. The van der Waals surface area contributed by atoms with Gasteiger partial charge < -0.3 is 4.57 Å². The second kappa shape index (κ2) is 15.4. The lowest BCUT2D eigenvalue weighted by Gasteiger charge is -2.36. The van der Waals surface area contributed by atoms with E-state index >= 15 is 0 Å². The Labute approximate surface area is 372 Å². The van der Waals surface area contributed by atoms with Crippen molar-refractivity contribution in [1.29, 1.82) is 0 Å². The molecule has 0 unspecified atom stereocenters. The van der Waals surface area contributed by atoms with Crippen LogP contribution in [0.5, 0.6) is 0 Å². The molecular formula is C60H41NSSi. The van der Waals surface area contributed by atoms with Gasteiger partial charge in [0.05, 0.1) is 21.4 Å². The normalized spacial score (nSPS) is 11.8. The minimum absolute atomic E-state index is 1.18. The van der Waals surface area contributed by atoms with E-state index in [1.165, 1.54) is 102 Å². The number of nitrogens with zero attached hydrogens (tertiary/aromatic N) is 1. The van der Waals surface area contributed by atoms with E-state index in [1.807, 2.05) is 11.3 Å². The molecule has 12 aromatic rings. The highest BCUT2D eigenvalue weighted by atomic mass is 32.1. The van der Waals surface area contributed by atoms with Crippen LogP contribution in [-0.2, 0) is 0 Å². The first-order valence-electron chi connectivity index (χ1n) is 21.7. The molecule has 0 aliphatic carbocycles. The summed E-state index contributed by atoms with van der Waals surface area (Å²) in [4.78, 5) is 0. The molecule has 0 fully saturated rings. The number of aromatic nitrogens is 1. The first-order valence-corrected chi connectivity index (χ1v) is 24.5. The van der Waals surface area contributed by atoms with Crippen molar-refractivity contribution in [1.82, 2.24) is 4.57 Å². The maximum atomic E-state index is 2.61. The average Bonchev–Trinajstić information content (AvgIpc) is 3.92. The van der Waals surface area contributed by atoms with Gasteiger partial charge in [0.1, 0.15) is 0 Å². The minimum Gasteiger partial charge on any atom is -0.307 e. The van der Waals surface area contributed by atoms with Gasteiger partial charge in [-0.2, -0.15) is 0 Å². The molecule has 0 N–H and O–H groups in total. The topological polar surface area (TPSA) is 4.93 Å². The van der Waals surface area contributed by atoms with Gasteiger partial charge >= 0.3 is 0 Å². The molecule has 63 heavy (non-hydrogen) atoms. The predicted octanol–water partition coefficient (Wildman–Crippen LogP) is 13.5. The molecule has 2 heterocycles. The summed E-state index contributed by atoms with van der Waals surface area (Å²) in [7, 11) is -3.04. The summed E-state index contributed by atoms with van der Waals surface area (Å²) < 4.78 is 5.22. The number of thiophene rings is 1. The molecule has 0 aliphatic rings. The van der Waals surface area contributed by atoms with Gasteiger partial charge in [0.25, 0.3) is 0 Å². The molecule has 1 nitrogen and oxygen atoms in total. The highest BCUT2D eigenvalue weighted by Gasteiger charge is 2.42. The second-order valence-electron chi connectivity index (χ2n) is 16.4. The maximum absolute atomic E-state index is 3.04. The molecule has 0 radical (unpaired) electrons. The molecule has 0 saturated heterocycles. The number of benzene rings is 10. The molecule has 0 bridgehead atoms. The Kier molecular flexibility index (Phi) is 9.10. The summed E-state index contributed by atoms with van der Waals surface area (Å²) >= 11 is 1.90. The summed E-state index contributed by atoms with van der Waals surface area (Å²) in [5.41, 5.74) is 10.9. The first-order chi connectivity index (χ1) is 31.3. The van der Waals surface area contributed by atoms with Gasteiger partial charge in [-0.1, -0.05) is 237 Å². The fourth-order valence-electron chi connectivity index (χ4n) is 10.2. The van der Waals surface area contributed by atoms with Crippen LogP contribution in [0.2, 0.25) is 0 Å². The Morgan fingerprint density at radius 3 is 1.35 bits per heavy atom. The third-order valence-corrected chi connectivity index (χ3v) is 18.9. The molecule has 0 amide bonds. The van der Waals surface area contributed by atoms with Crippen molar-refractivity contribution in [2.45, 2.75) is 0 Å². The first kappa shape index (κ1) is 37.2. The van der Waals surface area contributed by atoms with E-state index in [4.69, 9.17) is 0 Å². The van der Waals surface area contributed by atoms with E-state index in [0.29, 0.717) is 0 Å². The monoisotopic (exact) mass is 835 g/mol. The van der Waals surface area contributed by atoms with Gasteiger partial charge in [-0.25, -0.2) is 0 Å². The Hall–Kier alpha value is -7.56. The number of para-hydroxylation sites is 1. The summed E-state index contributed by atoms with van der Waals surface area (Å²) in [6.07, 6.45) is 0. The molecule has 10 aromatic carbocycles. The van der Waals surface area contributed by atoms with Gasteiger partial charge in [0.2, 0.25) is 0 Å². The zero-order valence-electron chi connectivity index (χ0n) is 34.5. The lowest BCUT2D eigenvalue weighted by molar-refractivity contribution is 1.19. The molecule has 0 atom stereocenters. The van der Waals surface area contributed by atoms with Crippen LogP contribution in [0.3, 0.4) is 0 Å². The van der Waals surface area contributed by atoms with Crippen molar-refractivity contribution >= 4 is 82.1 Å².